The second-order valence-electron chi connectivity index (χ2n) is 3.97. The van der Waals surface area contributed by atoms with Crippen LogP contribution in [0, 0.1) is 0 Å². The van der Waals surface area contributed by atoms with E-state index < -0.39 is 0 Å². The van der Waals surface area contributed by atoms with Crippen molar-refractivity contribution in [2.45, 2.75) is 0 Å². The third-order valence-electron chi connectivity index (χ3n) is 2.66. The van der Waals surface area contributed by atoms with E-state index >= 15 is 0 Å². The van der Waals surface area contributed by atoms with Crippen molar-refractivity contribution >= 4 is 52.2 Å². The van der Waals surface area contributed by atoms with Crippen LogP contribution in [-0.2, 0) is 9.53 Å². The molecule has 0 N–H and O–H groups in total. The minimum absolute atomic E-state index is 0.238. The number of ether oxygens (including phenoxy) is 1. The van der Waals surface area contributed by atoms with Crippen molar-refractivity contribution in [3.63, 3.8) is 0 Å². The molecule has 0 radical (unpaired) electrons. The minimum Gasteiger partial charge on any atom is -0.383 e. The summed E-state index contributed by atoms with van der Waals surface area (Å²) in [6, 6.07) is 5.12. The summed E-state index contributed by atoms with van der Waals surface area (Å²) in [7, 11) is 1.51. The molecule has 20 heavy (non-hydrogen) atoms. The Balaban J connectivity index is 2.26. The first-order valence-electron chi connectivity index (χ1n) is 5.73. The van der Waals surface area contributed by atoms with Gasteiger partial charge in [-0.2, -0.15) is 0 Å². The van der Waals surface area contributed by atoms with E-state index in [-0.39, 0.29) is 17.7 Å². The molecule has 1 aromatic carbocycles. The largest absolute Gasteiger partial charge is 0.383 e. The van der Waals surface area contributed by atoms with Gasteiger partial charge in [0.2, 0.25) is 0 Å². The van der Waals surface area contributed by atoms with Crippen molar-refractivity contribution in [2.24, 2.45) is 0 Å². The van der Waals surface area contributed by atoms with Crippen LogP contribution in [0.1, 0.15) is 5.56 Å². The molecule has 1 aromatic rings. The average molecular weight is 332 g/mol. The lowest BCUT2D eigenvalue weighted by molar-refractivity contribution is -0.123. The molecule has 2 amide bonds. The molecule has 1 fully saturated rings. The number of carbonyl (C=O) groups excluding carboxylic acids is 2. The van der Waals surface area contributed by atoms with Crippen LogP contribution in [0.2, 0.25) is 10.0 Å². The molecule has 1 heterocycles. The maximum atomic E-state index is 12.1. The van der Waals surface area contributed by atoms with Gasteiger partial charge in [0.25, 0.3) is 11.1 Å². The van der Waals surface area contributed by atoms with Crippen LogP contribution in [-0.4, -0.2) is 36.3 Å². The first-order valence-corrected chi connectivity index (χ1v) is 7.30. The van der Waals surface area contributed by atoms with Crippen LogP contribution in [0.3, 0.4) is 0 Å². The summed E-state index contributed by atoms with van der Waals surface area (Å²) in [5.74, 6) is -0.340. The van der Waals surface area contributed by atoms with E-state index in [9.17, 15) is 9.59 Å². The predicted molar refractivity (Wildman–Crippen MR) is 81.0 cm³/mol. The molecule has 106 valence electrons. The second-order valence-corrected chi connectivity index (χ2v) is 5.75. The number of imide groups is 1. The van der Waals surface area contributed by atoms with Crippen LogP contribution in [0.5, 0.6) is 0 Å². The quantitative estimate of drug-likeness (QED) is 0.789. The molecule has 0 bridgehead atoms. The Morgan fingerprint density at radius 3 is 2.80 bits per heavy atom. The zero-order valence-electron chi connectivity index (χ0n) is 10.6. The number of hydrogen-bond donors (Lipinski definition) is 0. The zero-order valence-corrected chi connectivity index (χ0v) is 12.9. The van der Waals surface area contributed by atoms with Crippen molar-refractivity contribution in [1.29, 1.82) is 0 Å². The summed E-state index contributed by atoms with van der Waals surface area (Å²) in [5.41, 5.74) is 0.608. The Morgan fingerprint density at radius 2 is 2.10 bits per heavy atom. The SMILES string of the molecule is COCCN1C(=O)S/C(=C/c2cccc(Cl)c2Cl)C1=O. The minimum atomic E-state index is -0.340. The molecule has 0 aromatic heterocycles. The number of amides is 2. The lowest BCUT2D eigenvalue weighted by Gasteiger charge is -2.10. The molecule has 0 atom stereocenters. The van der Waals surface area contributed by atoms with E-state index in [2.05, 4.69) is 0 Å². The molecular weight excluding hydrogens is 321 g/mol. The lowest BCUT2D eigenvalue weighted by atomic mass is 10.2. The normalized spacial score (nSPS) is 17.4. The maximum Gasteiger partial charge on any atom is 0.293 e. The molecule has 1 aliphatic rings. The molecular formula is C13H11Cl2NO3S. The molecule has 0 unspecified atom stereocenters. The number of thioether (sulfide) groups is 1. The second kappa shape index (κ2) is 6.63. The van der Waals surface area contributed by atoms with Crippen LogP contribution < -0.4 is 0 Å². The summed E-state index contributed by atoms with van der Waals surface area (Å²) < 4.78 is 4.88. The van der Waals surface area contributed by atoms with Gasteiger partial charge in [-0.3, -0.25) is 14.5 Å². The van der Waals surface area contributed by atoms with Gasteiger partial charge in [0.1, 0.15) is 0 Å². The summed E-state index contributed by atoms with van der Waals surface area (Å²) >= 11 is 12.9. The van der Waals surface area contributed by atoms with Gasteiger partial charge in [-0.1, -0.05) is 35.3 Å². The average Bonchev–Trinajstić information content (AvgIpc) is 2.68. The van der Waals surface area contributed by atoms with Crippen LogP contribution >= 0.6 is 35.0 Å². The van der Waals surface area contributed by atoms with Crippen molar-refractivity contribution in [1.82, 2.24) is 4.90 Å². The fourth-order valence-corrected chi connectivity index (χ4v) is 2.87. The van der Waals surface area contributed by atoms with Crippen LogP contribution in [0.25, 0.3) is 6.08 Å². The highest BCUT2D eigenvalue weighted by molar-refractivity contribution is 8.18. The lowest BCUT2D eigenvalue weighted by Crippen LogP contribution is -2.31. The summed E-state index contributed by atoms with van der Waals surface area (Å²) in [6.45, 7) is 0.547. The van der Waals surface area contributed by atoms with Gasteiger partial charge >= 0.3 is 0 Å². The fourth-order valence-electron chi connectivity index (χ4n) is 1.65. The smallest absolute Gasteiger partial charge is 0.293 e. The van der Waals surface area contributed by atoms with E-state index in [0.717, 1.165) is 16.7 Å². The Bertz CT molecular complexity index is 589. The molecule has 0 spiro atoms. The van der Waals surface area contributed by atoms with Gasteiger partial charge in [0.15, 0.2) is 0 Å². The number of benzene rings is 1. The van der Waals surface area contributed by atoms with Gasteiger partial charge in [-0.15, -0.1) is 0 Å². The standard InChI is InChI=1S/C13H11Cl2NO3S/c1-19-6-5-16-12(17)10(20-13(16)18)7-8-3-2-4-9(14)11(8)15/h2-4,7H,5-6H2,1H3/b10-7+. The van der Waals surface area contributed by atoms with E-state index in [1.54, 1.807) is 24.3 Å². The zero-order chi connectivity index (χ0) is 14.7. The number of methoxy groups -OCH3 is 1. The van der Waals surface area contributed by atoms with Gasteiger partial charge in [0, 0.05) is 7.11 Å². The Morgan fingerprint density at radius 1 is 1.35 bits per heavy atom. The van der Waals surface area contributed by atoms with E-state index in [1.165, 1.54) is 7.11 Å². The highest BCUT2D eigenvalue weighted by Crippen LogP contribution is 2.34. The van der Waals surface area contributed by atoms with Crippen LogP contribution in [0.15, 0.2) is 23.1 Å². The fraction of sp³-hybridized carbons (Fsp3) is 0.231. The first-order chi connectivity index (χ1) is 9.54. The Hall–Kier alpha value is -1.01. The summed E-state index contributed by atoms with van der Waals surface area (Å²) in [5, 5.41) is 0.452. The summed E-state index contributed by atoms with van der Waals surface area (Å²) in [4.78, 5) is 25.3. The number of halogens is 2. The molecule has 7 heteroatoms. The number of carbonyl (C=O) groups is 2. The van der Waals surface area contributed by atoms with Crippen molar-refractivity contribution in [3.8, 4) is 0 Å². The van der Waals surface area contributed by atoms with E-state index in [4.69, 9.17) is 27.9 Å². The molecule has 1 aliphatic heterocycles. The van der Waals surface area contributed by atoms with Crippen molar-refractivity contribution < 1.29 is 14.3 Å². The van der Waals surface area contributed by atoms with E-state index in [0.29, 0.717) is 27.1 Å². The third-order valence-corrected chi connectivity index (χ3v) is 4.40. The number of hydrogen-bond acceptors (Lipinski definition) is 4. The molecule has 4 nitrogen and oxygen atoms in total. The van der Waals surface area contributed by atoms with Gasteiger partial charge < -0.3 is 4.74 Å². The van der Waals surface area contributed by atoms with Gasteiger partial charge in [0.05, 0.1) is 28.1 Å². The maximum absolute atomic E-state index is 12.1. The summed E-state index contributed by atoms with van der Waals surface area (Å²) in [6.07, 6.45) is 1.58. The first kappa shape index (κ1) is 15.4. The predicted octanol–water partition coefficient (Wildman–Crippen LogP) is 3.68. The monoisotopic (exact) mass is 331 g/mol. The highest BCUT2D eigenvalue weighted by atomic mass is 35.5. The molecule has 0 saturated carbocycles. The Labute approximate surface area is 130 Å². The third kappa shape index (κ3) is 3.17. The molecule has 0 aliphatic carbocycles. The van der Waals surface area contributed by atoms with Gasteiger partial charge in [-0.25, -0.2) is 0 Å². The molecule has 1 saturated heterocycles. The molecule has 2 rings (SSSR count). The van der Waals surface area contributed by atoms with Crippen LogP contribution in [0.4, 0.5) is 4.79 Å². The van der Waals surface area contributed by atoms with Crippen molar-refractivity contribution in [3.05, 3.63) is 38.7 Å². The van der Waals surface area contributed by atoms with Crippen molar-refractivity contribution in [2.75, 3.05) is 20.3 Å². The topological polar surface area (TPSA) is 46.6 Å². The number of nitrogens with zero attached hydrogens (tertiary/aromatic N) is 1. The van der Waals surface area contributed by atoms with Gasteiger partial charge in [-0.05, 0) is 29.5 Å². The van der Waals surface area contributed by atoms with E-state index in [1.807, 2.05) is 0 Å². The Kier molecular flexibility index (Phi) is 5.10. The number of rotatable bonds is 4. The highest BCUT2D eigenvalue weighted by Gasteiger charge is 2.34.